The van der Waals surface area contributed by atoms with Crippen LogP contribution in [0, 0.1) is 0 Å². The van der Waals surface area contributed by atoms with Crippen molar-refractivity contribution >= 4 is 5.78 Å². The fourth-order valence-corrected chi connectivity index (χ4v) is 0.969. The van der Waals surface area contributed by atoms with E-state index in [2.05, 4.69) is 0 Å². The van der Waals surface area contributed by atoms with Crippen molar-refractivity contribution in [2.45, 2.75) is 42.3 Å². The highest BCUT2D eigenvalue weighted by molar-refractivity contribution is 5.93. The van der Waals surface area contributed by atoms with Crippen molar-refractivity contribution in [3.05, 3.63) is 0 Å². The van der Waals surface area contributed by atoms with Crippen molar-refractivity contribution in [2.24, 2.45) is 0 Å². The van der Waals surface area contributed by atoms with E-state index in [1.807, 2.05) is 0 Å². The van der Waals surface area contributed by atoms with Crippen LogP contribution in [0.4, 0.5) is 70.2 Å². The minimum atomic E-state index is -7.73. The van der Waals surface area contributed by atoms with E-state index in [0.717, 1.165) is 0 Å². The van der Waals surface area contributed by atoms with Crippen molar-refractivity contribution < 1.29 is 79.8 Å². The summed E-state index contributed by atoms with van der Waals surface area (Å²) >= 11 is 0. The topological polar surface area (TPSA) is 26.3 Å². The number of hydrogen-bond donors (Lipinski definition) is 0. The van der Waals surface area contributed by atoms with Crippen LogP contribution in [0.15, 0.2) is 0 Å². The van der Waals surface area contributed by atoms with Gasteiger partial charge in [0.25, 0.3) is 5.78 Å². The molecule has 0 rings (SSSR count). The van der Waals surface area contributed by atoms with Crippen LogP contribution in [-0.2, 0) is 9.53 Å². The molecule has 0 aliphatic rings. The molecule has 0 N–H and O–H groups in total. The number of carbonyl (C=O) groups is 1. The van der Waals surface area contributed by atoms with E-state index in [9.17, 15) is 75.0 Å². The smallest absolute Gasteiger partial charge is 0.286 e. The number of Topliss-reactive ketones (excluding diaryl/α,β-unsaturated/α-hetero) is 1. The first-order valence-corrected chi connectivity index (χ1v) is 5.14. The van der Waals surface area contributed by atoms with E-state index in [1.54, 1.807) is 0 Å². The fraction of sp³-hybridized carbons (Fsp3) is 0.875. The molecular formula is C8F16O2. The lowest BCUT2D eigenvalue weighted by Crippen LogP contribution is -2.65. The van der Waals surface area contributed by atoms with Crippen LogP contribution in [0.25, 0.3) is 0 Å². The molecule has 1 atom stereocenters. The average molecular weight is 432 g/mol. The summed E-state index contributed by atoms with van der Waals surface area (Å²) in [6.07, 6.45) is -30.2. The number of carbonyl (C=O) groups excluding carboxylic acids is 1. The number of alkyl halides is 16. The van der Waals surface area contributed by atoms with Gasteiger partial charge in [0.05, 0.1) is 0 Å². The Kier molecular flexibility index (Phi) is 5.67. The van der Waals surface area contributed by atoms with E-state index < -0.39 is 48.1 Å². The summed E-state index contributed by atoms with van der Waals surface area (Å²) in [5.74, 6) is -28.0. The number of rotatable bonds is 5. The van der Waals surface area contributed by atoms with Gasteiger partial charge in [-0.3, -0.25) is 9.53 Å². The zero-order valence-electron chi connectivity index (χ0n) is 10.9. The summed E-state index contributed by atoms with van der Waals surface area (Å²) in [7, 11) is 0. The molecule has 2 nitrogen and oxygen atoms in total. The second-order valence-corrected chi connectivity index (χ2v) is 4.19. The SMILES string of the molecule is O=C(C(F)(F)C(F)(F)F)C(F)(OC(F)(F)C(F)(F)C(F)(F)F)C(F)(F)F. The number of hydrogen-bond acceptors (Lipinski definition) is 2. The van der Waals surface area contributed by atoms with E-state index >= 15 is 0 Å². The lowest BCUT2D eigenvalue weighted by molar-refractivity contribution is -0.475. The van der Waals surface area contributed by atoms with Crippen LogP contribution in [0.3, 0.4) is 0 Å². The molecule has 0 saturated carbocycles. The molecule has 18 heteroatoms. The van der Waals surface area contributed by atoms with Gasteiger partial charge in [-0.05, 0) is 0 Å². The maximum Gasteiger partial charge on any atom is 0.462 e. The Labute approximate surface area is 129 Å². The van der Waals surface area contributed by atoms with Crippen LogP contribution in [0.2, 0.25) is 0 Å². The highest BCUT2D eigenvalue weighted by Gasteiger charge is 2.83. The van der Waals surface area contributed by atoms with Crippen molar-refractivity contribution in [2.75, 3.05) is 0 Å². The van der Waals surface area contributed by atoms with Crippen LogP contribution in [0.1, 0.15) is 0 Å². The van der Waals surface area contributed by atoms with Gasteiger partial charge in [0.1, 0.15) is 0 Å². The maximum atomic E-state index is 13.3. The molecule has 0 fully saturated rings. The maximum absolute atomic E-state index is 13.3. The first kappa shape index (κ1) is 24.5. The third-order valence-electron chi connectivity index (χ3n) is 2.29. The van der Waals surface area contributed by atoms with Gasteiger partial charge in [-0.25, -0.2) is 0 Å². The Morgan fingerprint density at radius 3 is 1.12 bits per heavy atom. The van der Waals surface area contributed by atoms with Crippen molar-refractivity contribution in [3.8, 4) is 0 Å². The van der Waals surface area contributed by atoms with Crippen LogP contribution in [0.5, 0.6) is 0 Å². The Hall–Kier alpha value is -1.49. The normalized spacial score (nSPS) is 17.8. The van der Waals surface area contributed by atoms with Crippen LogP contribution in [-0.4, -0.2) is 48.1 Å². The van der Waals surface area contributed by atoms with Crippen LogP contribution >= 0.6 is 0 Å². The second kappa shape index (κ2) is 6.01. The van der Waals surface area contributed by atoms with Gasteiger partial charge in [0, 0.05) is 0 Å². The Morgan fingerprint density at radius 2 is 0.885 bits per heavy atom. The molecule has 156 valence electrons. The summed E-state index contributed by atoms with van der Waals surface area (Å²) in [5.41, 5.74) is 0. The third kappa shape index (κ3) is 3.78. The van der Waals surface area contributed by atoms with Gasteiger partial charge in [-0.1, -0.05) is 0 Å². The Balaban J connectivity index is 6.38. The zero-order chi connectivity index (χ0) is 21.8. The summed E-state index contributed by atoms with van der Waals surface area (Å²) in [6.45, 7) is 0. The monoisotopic (exact) mass is 432 g/mol. The van der Waals surface area contributed by atoms with E-state index in [1.165, 1.54) is 4.74 Å². The summed E-state index contributed by atoms with van der Waals surface area (Å²) in [6, 6.07) is 0. The van der Waals surface area contributed by atoms with E-state index in [0.29, 0.717) is 0 Å². The molecule has 0 heterocycles. The molecule has 0 saturated heterocycles. The first-order chi connectivity index (χ1) is 10.9. The highest BCUT2D eigenvalue weighted by Crippen LogP contribution is 2.53. The van der Waals surface area contributed by atoms with Gasteiger partial charge >= 0.3 is 42.3 Å². The average Bonchev–Trinajstić information content (AvgIpc) is 2.32. The molecule has 0 aromatic rings. The molecule has 0 bridgehead atoms. The third-order valence-corrected chi connectivity index (χ3v) is 2.29. The van der Waals surface area contributed by atoms with Crippen LogP contribution < -0.4 is 0 Å². The molecule has 0 aliphatic carbocycles. The lowest BCUT2D eigenvalue weighted by atomic mass is 10.1. The fourth-order valence-electron chi connectivity index (χ4n) is 0.969. The predicted molar refractivity (Wildman–Crippen MR) is 42.9 cm³/mol. The van der Waals surface area contributed by atoms with Crippen molar-refractivity contribution in [1.29, 1.82) is 0 Å². The second-order valence-electron chi connectivity index (χ2n) is 4.19. The minimum Gasteiger partial charge on any atom is -0.286 e. The zero-order valence-corrected chi connectivity index (χ0v) is 10.9. The quantitative estimate of drug-likeness (QED) is 0.585. The number of halogens is 16. The molecule has 0 aromatic carbocycles. The van der Waals surface area contributed by atoms with Gasteiger partial charge in [-0.15, -0.1) is 0 Å². The minimum absolute atomic E-state index is 1.30. The summed E-state index contributed by atoms with van der Waals surface area (Å²) in [5, 5.41) is 0. The first-order valence-electron chi connectivity index (χ1n) is 5.14. The standard InChI is InChI=1S/C8F16O2/c9-2(10,5(14,15)16)1(25)3(11,6(17,18)19)26-8(23,24)4(12,13)7(20,21)22. The molecule has 26 heavy (non-hydrogen) atoms. The molecule has 0 amide bonds. The Morgan fingerprint density at radius 1 is 0.538 bits per heavy atom. The summed E-state index contributed by atoms with van der Waals surface area (Å²) in [4.78, 5) is 10.5. The molecule has 1 unspecified atom stereocenters. The van der Waals surface area contributed by atoms with Crippen molar-refractivity contribution in [1.82, 2.24) is 0 Å². The lowest BCUT2D eigenvalue weighted by Gasteiger charge is -2.35. The molecule has 0 radical (unpaired) electrons. The highest BCUT2D eigenvalue weighted by atomic mass is 19.4. The number of ketones is 1. The molecular weight excluding hydrogens is 432 g/mol. The van der Waals surface area contributed by atoms with Crippen molar-refractivity contribution in [3.63, 3.8) is 0 Å². The molecule has 0 spiro atoms. The van der Waals surface area contributed by atoms with Gasteiger partial charge in [0.15, 0.2) is 0 Å². The molecule has 0 aliphatic heterocycles. The Bertz CT molecular complexity index is 538. The van der Waals surface area contributed by atoms with E-state index in [-0.39, 0.29) is 0 Å². The number of ether oxygens (including phenoxy) is 1. The largest absolute Gasteiger partial charge is 0.462 e. The van der Waals surface area contributed by atoms with Gasteiger partial charge in [0.2, 0.25) is 0 Å². The molecule has 0 aromatic heterocycles. The van der Waals surface area contributed by atoms with Gasteiger partial charge < -0.3 is 0 Å². The predicted octanol–water partition coefficient (Wildman–Crippen LogP) is 4.79. The van der Waals surface area contributed by atoms with E-state index in [4.69, 9.17) is 0 Å². The van der Waals surface area contributed by atoms with Gasteiger partial charge in [-0.2, -0.15) is 70.2 Å². The summed E-state index contributed by atoms with van der Waals surface area (Å²) < 4.78 is 197.